The smallest absolute Gasteiger partial charge is 0.451 e. The zero-order chi connectivity index (χ0) is 17.2. The van der Waals surface area contributed by atoms with Gasteiger partial charge in [0.05, 0.1) is 12.5 Å². The lowest BCUT2D eigenvalue weighted by Crippen LogP contribution is -2.47. The SMILES string of the molecule is Cc1cc(C(=O)N2CCSCC2CC(=O)O)nc(C(F)(F)F)n1. The maximum atomic E-state index is 12.8. The predicted octanol–water partition coefficient (Wildman–Crippen LogP) is 1.84. The fraction of sp³-hybridized carbons (Fsp3) is 0.538. The second kappa shape index (κ2) is 6.73. The second-order valence-corrected chi connectivity index (χ2v) is 6.19. The van der Waals surface area contributed by atoms with Crippen molar-refractivity contribution in [2.45, 2.75) is 25.6 Å². The maximum absolute atomic E-state index is 12.8. The molecule has 1 atom stereocenters. The van der Waals surface area contributed by atoms with E-state index in [1.165, 1.54) is 29.7 Å². The summed E-state index contributed by atoms with van der Waals surface area (Å²) in [4.78, 5) is 31.3. The van der Waals surface area contributed by atoms with Gasteiger partial charge in [0.25, 0.3) is 5.91 Å². The van der Waals surface area contributed by atoms with Crippen molar-refractivity contribution in [2.24, 2.45) is 0 Å². The van der Waals surface area contributed by atoms with Gasteiger partial charge < -0.3 is 10.0 Å². The van der Waals surface area contributed by atoms with Crippen LogP contribution in [0.3, 0.4) is 0 Å². The average Bonchev–Trinajstić information content (AvgIpc) is 2.45. The lowest BCUT2D eigenvalue weighted by atomic mass is 10.1. The number of alkyl halides is 3. The third-order valence-corrected chi connectivity index (χ3v) is 4.32. The molecule has 0 aromatic carbocycles. The van der Waals surface area contributed by atoms with Crippen LogP contribution in [0.1, 0.15) is 28.4 Å². The second-order valence-electron chi connectivity index (χ2n) is 5.04. The number of hydrogen-bond donors (Lipinski definition) is 1. The zero-order valence-corrected chi connectivity index (χ0v) is 12.9. The summed E-state index contributed by atoms with van der Waals surface area (Å²) in [5, 5.41) is 8.91. The summed E-state index contributed by atoms with van der Waals surface area (Å²) >= 11 is 1.50. The van der Waals surface area contributed by atoms with E-state index in [9.17, 15) is 22.8 Å². The quantitative estimate of drug-likeness (QED) is 0.896. The van der Waals surface area contributed by atoms with Gasteiger partial charge in [-0.25, -0.2) is 9.97 Å². The molecule has 1 aromatic heterocycles. The number of halogens is 3. The minimum absolute atomic E-state index is 0.0249. The Kier molecular flexibility index (Phi) is 5.12. The Bertz CT molecular complexity index is 624. The van der Waals surface area contributed by atoms with E-state index in [2.05, 4.69) is 9.97 Å². The summed E-state index contributed by atoms with van der Waals surface area (Å²) in [5.74, 6) is -2.12. The first kappa shape index (κ1) is 17.5. The topological polar surface area (TPSA) is 83.4 Å². The highest BCUT2D eigenvalue weighted by Gasteiger charge is 2.37. The van der Waals surface area contributed by atoms with E-state index < -0.39 is 29.9 Å². The van der Waals surface area contributed by atoms with Crippen LogP contribution >= 0.6 is 11.8 Å². The molecule has 1 unspecified atom stereocenters. The minimum Gasteiger partial charge on any atom is -0.481 e. The van der Waals surface area contributed by atoms with Crippen molar-refractivity contribution >= 4 is 23.6 Å². The number of hydrogen-bond acceptors (Lipinski definition) is 5. The zero-order valence-electron chi connectivity index (χ0n) is 12.1. The number of carboxylic acid groups (broad SMARTS) is 1. The number of carbonyl (C=O) groups excluding carboxylic acids is 1. The van der Waals surface area contributed by atoms with Crippen molar-refractivity contribution in [3.63, 3.8) is 0 Å². The van der Waals surface area contributed by atoms with Gasteiger partial charge in [0, 0.05) is 23.7 Å². The van der Waals surface area contributed by atoms with Crippen LogP contribution in [0.4, 0.5) is 13.2 Å². The van der Waals surface area contributed by atoms with E-state index in [0.717, 1.165) is 0 Å². The highest BCUT2D eigenvalue weighted by molar-refractivity contribution is 7.99. The van der Waals surface area contributed by atoms with Gasteiger partial charge in [-0.3, -0.25) is 9.59 Å². The van der Waals surface area contributed by atoms with Gasteiger partial charge in [0.15, 0.2) is 0 Å². The van der Waals surface area contributed by atoms with Crippen LogP contribution in [-0.2, 0) is 11.0 Å². The number of carboxylic acids is 1. The van der Waals surface area contributed by atoms with Gasteiger partial charge in [-0.15, -0.1) is 0 Å². The van der Waals surface area contributed by atoms with Crippen LogP contribution in [0.5, 0.6) is 0 Å². The highest BCUT2D eigenvalue weighted by atomic mass is 32.2. The number of rotatable bonds is 3. The normalized spacial score (nSPS) is 18.8. The molecule has 23 heavy (non-hydrogen) atoms. The Labute approximate surface area is 134 Å². The molecule has 10 heteroatoms. The molecule has 1 aromatic rings. The van der Waals surface area contributed by atoms with Gasteiger partial charge >= 0.3 is 12.1 Å². The van der Waals surface area contributed by atoms with E-state index in [0.29, 0.717) is 11.5 Å². The van der Waals surface area contributed by atoms with Gasteiger partial charge in [0.1, 0.15) is 5.69 Å². The minimum atomic E-state index is -4.75. The number of thioether (sulfide) groups is 1. The molecule has 0 spiro atoms. The molecule has 0 bridgehead atoms. The van der Waals surface area contributed by atoms with E-state index in [1.807, 2.05) is 0 Å². The Morgan fingerprint density at radius 1 is 1.43 bits per heavy atom. The number of carbonyl (C=O) groups is 2. The molecule has 1 amide bonds. The monoisotopic (exact) mass is 349 g/mol. The fourth-order valence-electron chi connectivity index (χ4n) is 2.24. The van der Waals surface area contributed by atoms with E-state index in [4.69, 9.17) is 5.11 Å². The van der Waals surface area contributed by atoms with E-state index >= 15 is 0 Å². The van der Waals surface area contributed by atoms with Crippen LogP contribution in [0.15, 0.2) is 6.07 Å². The van der Waals surface area contributed by atoms with Crippen molar-refractivity contribution < 1.29 is 27.9 Å². The highest BCUT2D eigenvalue weighted by Crippen LogP contribution is 2.27. The summed E-state index contributed by atoms with van der Waals surface area (Å²) < 4.78 is 38.3. The molecule has 0 radical (unpaired) electrons. The third kappa shape index (κ3) is 4.34. The Morgan fingerprint density at radius 2 is 2.13 bits per heavy atom. The van der Waals surface area contributed by atoms with Crippen LogP contribution in [0, 0.1) is 6.92 Å². The number of aromatic nitrogens is 2. The first-order valence-corrected chi connectivity index (χ1v) is 7.87. The van der Waals surface area contributed by atoms with Crippen LogP contribution in [-0.4, -0.2) is 55.9 Å². The molecular weight excluding hydrogens is 335 g/mol. The summed E-state index contributed by atoms with van der Waals surface area (Å²) in [5.41, 5.74) is -0.344. The number of aryl methyl sites for hydroxylation is 1. The Hall–Kier alpha value is -1.84. The largest absolute Gasteiger partial charge is 0.481 e. The van der Waals surface area contributed by atoms with Crippen molar-refractivity contribution in [3.05, 3.63) is 23.3 Å². The van der Waals surface area contributed by atoms with Crippen LogP contribution < -0.4 is 0 Å². The van der Waals surface area contributed by atoms with Crippen LogP contribution in [0.25, 0.3) is 0 Å². The third-order valence-electron chi connectivity index (χ3n) is 3.23. The lowest BCUT2D eigenvalue weighted by molar-refractivity contribution is -0.145. The summed E-state index contributed by atoms with van der Waals surface area (Å²) in [6.45, 7) is 1.61. The number of nitrogens with zero attached hydrogens (tertiary/aromatic N) is 3. The first-order chi connectivity index (χ1) is 10.7. The molecule has 1 aliphatic rings. The molecule has 2 heterocycles. The predicted molar refractivity (Wildman–Crippen MR) is 76.2 cm³/mol. The molecule has 2 rings (SSSR count). The molecule has 0 saturated carbocycles. The standard InChI is InChI=1S/C13H14F3N3O3S/c1-7-4-9(18-12(17-7)13(14,15)16)11(22)19-2-3-23-6-8(19)5-10(20)21/h4,8H,2-3,5-6H2,1H3,(H,20,21). The van der Waals surface area contributed by atoms with Crippen molar-refractivity contribution in [3.8, 4) is 0 Å². The van der Waals surface area contributed by atoms with Gasteiger partial charge in [-0.05, 0) is 13.0 Å². The summed E-state index contributed by atoms with van der Waals surface area (Å²) in [7, 11) is 0. The average molecular weight is 349 g/mol. The summed E-state index contributed by atoms with van der Waals surface area (Å²) in [6, 6.07) is 0.611. The fourth-order valence-corrected chi connectivity index (χ4v) is 3.31. The van der Waals surface area contributed by atoms with Gasteiger partial charge in [-0.1, -0.05) is 0 Å². The molecule has 6 nitrogen and oxygen atoms in total. The van der Waals surface area contributed by atoms with E-state index in [-0.39, 0.29) is 24.4 Å². The lowest BCUT2D eigenvalue weighted by Gasteiger charge is -2.34. The first-order valence-electron chi connectivity index (χ1n) is 6.72. The van der Waals surface area contributed by atoms with Gasteiger partial charge in [-0.2, -0.15) is 24.9 Å². The Balaban J connectivity index is 2.31. The molecule has 0 aliphatic carbocycles. The maximum Gasteiger partial charge on any atom is 0.451 e. The molecule has 1 aliphatic heterocycles. The number of aliphatic carboxylic acids is 1. The van der Waals surface area contributed by atoms with Gasteiger partial charge in [0.2, 0.25) is 5.82 Å². The van der Waals surface area contributed by atoms with E-state index in [1.54, 1.807) is 0 Å². The van der Waals surface area contributed by atoms with Crippen molar-refractivity contribution in [1.82, 2.24) is 14.9 Å². The molecular formula is C13H14F3N3O3S. The van der Waals surface area contributed by atoms with Crippen molar-refractivity contribution in [2.75, 3.05) is 18.1 Å². The molecule has 1 fully saturated rings. The molecule has 126 valence electrons. The Morgan fingerprint density at radius 3 is 2.74 bits per heavy atom. The van der Waals surface area contributed by atoms with Crippen molar-refractivity contribution in [1.29, 1.82) is 0 Å². The molecule has 1 saturated heterocycles. The van der Waals surface area contributed by atoms with Crippen LogP contribution in [0.2, 0.25) is 0 Å². The summed E-state index contributed by atoms with van der Waals surface area (Å²) in [6.07, 6.45) is -5.01. The number of amides is 1. The molecule has 1 N–H and O–H groups in total.